The summed E-state index contributed by atoms with van der Waals surface area (Å²) in [6.07, 6.45) is 11.7. The zero-order valence-electron chi connectivity index (χ0n) is 10.1. The third kappa shape index (κ3) is 9.51. The summed E-state index contributed by atoms with van der Waals surface area (Å²) in [5.41, 5.74) is 0.473. The van der Waals surface area contributed by atoms with Crippen LogP contribution in [-0.4, -0.2) is 11.1 Å². The third-order valence-electron chi connectivity index (χ3n) is 2.60. The zero-order valence-corrected chi connectivity index (χ0v) is 10.1. The van der Waals surface area contributed by atoms with Crippen molar-refractivity contribution in [1.29, 1.82) is 0 Å². The molecule has 0 aliphatic carbocycles. The maximum Gasteiger partial charge on any atom is 0.330 e. The van der Waals surface area contributed by atoms with Gasteiger partial charge in [-0.05, 0) is 19.8 Å². The molecule has 0 saturated heterocycles. The van der Waals surface area contributed by atoms with Gasteiger partial charge >= 0.3 is 5.97 Å². The summed E-state index contributed by atoms with van der Waals surface area (Å²) in [5, 5.41) is 8.61. The molecule has 88 valence electrons. The highest BCUT2D eigenvalue weighted by Crippen LogP contribution is 2.09. The second-order valence-electron chi connectivity index (χ2n) is 4.10. The Morgan fingerprint density at radius 2 is 1.60 bits per heavy atom. The Labute approximate surface area is 93.4 Å². The van der Waals surface area contributed by atoms with Crippen molar-refractivity contribution < 1.29 is 9.90 Å². The first-order valence-electron chi connectivity index (χ1n) is 6.08. The maximum absolute atomic E-state index is 10.5. The number of carboxylic acid groups (broad SMARTS) is 1. The summed E-state index contributed by atoms with van der Waals surface area (Å²) in [4.78, 5) is 10.5. The SMILES string of the molecule is CCCCCCCCC/C=C(\C)C(=O)O. The van der Waals surface area contributed by atoms with Gasteiger partial charge in [0.05, 0.1) is 0 Å². The summed E-state index contributed by atoms with van der Waals surface area (Å²) < 4.78 is 0. The summed E-state index contributed by atoms with van der Waals surface area (Å²) >= 11 is 0. The number of hydrogen-bond donors (Lipinski definition) is 1. The van der Waals surface area contributed by atoms with Gasteiger partial charge in [-0.15, -0.1) is 0 Å². The van der Waals surface area contributed by atoms with Crippen LogP contribution < -0.4 is 0 Å². The number of allylic oxidation sites excluding steroid dienone is 1. The lowest BCUT2D eigenvalue weighted by molar-refractivity contribution is -0.132. The fourth-order valence-electron chi connectivity index (χ4n) is 1.51. The van der Waals surface area contributed by atoms with Gasteiger partial charge in [-0.1, -0.05) is 51.5 Å². The molecule has 0 aliphatic rings. The summed E-state index contributed by atoms with van der Waals surface area (Å²) in [5.74, 6) is -0.794. The average molecular weight is 212 g/mol. The second-order valence-corrected chi connectivity index (χ2v) is 4.10. The van der Waals surface area contributed by atoms with Crippen molar-refractivity contribution in [1.82, 2.24) is 0 Å². The maximum atomic E-state index is 10.5. The van der Waals surface area contributed by atoms with Crippen LogP contribution in [0.5, 0.6) is 0 Å². The van der Waals surface area contributed by atoms with Crippen LogP contribution in [0, 0.1) is 0 Å². The number of rotatable bonds is 9. The van der Waals surface area contributed by atoms with Gasteiger partial charge in [-0.2, -0.15) is 0 Å². The van der Waals surface area contributed by atoms with Gasteiger partial charge < -0.3 is 5.11 Å². The molecule has 0 unspecified atom stereocenters. The standard InChI is InChI=1S/C13H24O2/c1-3-4-5-6-7-8-9-10-11-12(2)13(14)15/h11H,3-10H2,1-2H3,(H,14,15)/b12-11+. The number of carbonyl (C=O) groups is 1. The van der Waals surface area contributed by atoms with Crippen LogP contribution in [0.3, 0.4) is 0 Å². The van der Waals surface area contributed by atoms with Crippen molar-refractivity contribution in [3.05, 3.63) is 11.6 Å². The first kappa shape index (κ1) is 14.2. The van der Waals surface area contributed by atoms with Gasteiger partial charge in [0, 0.05) is 5.57 Å². The van der Waals surface area contributed by atoms with E-state index in [9.17, 15) is 4.79 Å². The van der Waals surface area contributed by atoms with Gasteiger partial charge in [0.25, 0.3) is 0 Å². The zero-order chi connectivity index (χ0) is 11.5. The minimum Gasteiger partial charge on any atom is -0.478 e. The Morgan fingerprint density at radius 1 is 1.07 bits per heavy atom. The van der Waals surface area contributed by atoms with E-state index in [0.29, 0.717) is 5.57 Å². The Morgan fingerprint density at radius 3 is 2.13 bits per heavy atom. The van der Waals surface area contributed by atoms with Crippen molar-refractivity contribution in [2.45, 2.75) is 65.2 Å². The molecular formula is C13H24O2. The van der Waals surface area contributed by atoms with E-state index < -0.39 is 5.97 Å². The van der Waals surface area contributed by atoms with Crippen molar-refractivity contribution in [3.8, 4) is 0 Å². The van der Waals surface area contributed by atoms with Gasteiger partial charge in [-0.3, -0.25) is 0 Å². The van der Waals surface area contributed by atoms with Crippen LogP contribution >= 0.6 is 0 Å². The van der Waals surface area contributed by atoms with Gasteiger partial charge in [0.15, 0.2) is 0 Å². The summed E-state index contributed by atoms with van der Waals surface area (Å²) in [6, 6.07) is 0. The molecule has 0 heterocycles. The highest BCUT2D eigenvalue weighted by molar-refractivity contribution is 5.85. The van der Waals surface area contributed by atoms with E-state index in [1.807, 2.05) is 6.08 Å². The molecule has 2 nitrogen and oxygen atoms in total. The highest BCUT2D eigenvalue weighted by Gasteiger charge is 1.97. The van der Waals surface area contributed by atoms with Crippen LogP contribution in [0.2, 0.25) is 0 Å². The molecule has 0 bridgehead atoms. The predicted octanol–water partition coefficient (Wildman–Crippen LogP) is 4.16. The first-order valence-corrected chi connectivity index (χ1v) is 6.08. The third-order valence-corrected chi connectivity index (χ3v) is 2.60. The van der Waals surface area contributed by atoms with E-state index in [-0.39, 0.29) is 0 Å². The fraction of sp³-hybridized carbons (Fsp3) is 0.769. The molecule has 0 saturated carbocycles. The van der Waals surface area contributed by atoms with E-state index >= 15 is 0 Å². The normalized spacial score (nSPS) is 11.7. The van der Waals surface area contributed by atoms with Crippen molar-refractivity contribution in [3.63, 3.8) is 0 Å². The van der Waals surface area contributed by atoms with Crippen LogP contribution in [0.1, 0.15) is 65.2 Å². The van der Waals surface area contributed by atoms with E-state index in [4.69, 9.17) is 5.11 Å². The number of unbranched alkanes of at least 4 members (excludes halogenated alkanes) is 7. The number of carboxylic acids is 1. The molecule has 0 aromatic rings. The number of aliphatic carboxylic acids is 1. The average Bonchev–Trinajstić information content (AvgIpc) is 2.21. The molecule has 0 fully saturated rings. The Bertz CT molecular complexity index is 195. The molecule has 0 aliphatic heterocycles. The largest absolute Gasteiger partial charge is 0.478 e. The quantitative estimate of drug-likeness (QED) is 0.460. The lowest BCUT2D eigenvalue weighted by atomic mass is 10.1. The van der Waals surface area contributed by atoms with Crippen LogP contribution in [0.4, 0.5) is 0 Å². The predicted molar refractivity (Wildman–Crippen MR) is 64.0 cm³/mol. The smallest absolute Gasteiger partial charge is 0.330 e. The highest BCUT2D eigenvalue weighted by atomic mass is 16.4. The molecular weight excluding hydrogens is 188 g/mol. The van der Waals surface area contributed by atoms with Gasteiger partial charge in [-0.25, -0.2) is 4.79 Å². The minimum absolute atomic E-state index is 0.473. The molecule has 15 heavy (non-hydrogen) atoms. The van der Waals surface area contributed by atoms with Crippen LogP contribution in [-0.2, 0) is 4.79 Å². The van der Waals surface area contributed by atoms with Crippen molar-refractivity contribution in [2.24, 2.45) is 0 Å². The molecule has 0 spiro atoms. The van der Waals surface area contributed by atoms with E-state index in [2.05, 4.69) is 6.92 Å². The second kappa shape index (κ2) is 9.75. The van der Waals surface area contributed by atoms with Gasteiger partial charge in [0.2, 0.25) is 0 Å². The fourth-order valence-corrected chi connectivity index (χ4v) is 1.51. The van der Waals surface area contributed by atoms with E-state index in [0.717, 1.165) is 12.8 Å². The topological polar surface area (TPSA) is 37.3 Å². The van der Waals surface area contributed by atoms with Crippen molar-refractivity contribution in [2.75, 3.05) is 0 Å². The molecule has 0 radical (unpaired) electrons. The molecule has 2 heteroatoms. The molecule has 0 aromatic heterocycles. The number of hydrogen-bond acceptors (Lipinski definition) is 1. The van der Waals surface area contributed by atoms with Crippen LogP contribution in [0.15, 0.2) is 11.6 Å². The van der Waals surface area contributed by atoms with Crippen LogP contribution in [0.25, 0.3) is 0 Å². The van der Waals surface area contributed by atoms with Crippen molar-refractivity contribution >= 4 is 5.97 Å². The Balaban J connectivity index is 3.25. The summed E-state index contributed by atoms with van der Waals surface area (Å²) in [7, 11) is 0. The van der Waals surface area contributed by atoms with Gasteiger partial charge in [0.1, 0.15) is 0 Å². The Hall–Kier alpha value is -0.790. The summed E-state index contributed by atoms with van der Waals surface area (Å²) in [6.45, 7) is 3.88. The molecule has 0 aromatic carbocycles. The lowest BCUT2D eigenvalue weighted by Gasteiger charge is -1.99. The molecule has 0 rings (SSSR count). The monoisotopic (exact) mass is 212 g/mol. The molecule has 0 atom stereocenters. The first-order chi connectivity index (χ1) is 7.18. The minimum atomic E-state index is -0.794. The van der Waals surface area contributed by atoms with E-state index in [1.165, 1.54) is 38.5 Å². The molecule has 0 amide bonds. The Kier molecular flexibility index (Phi) is 9.24. The van der Waals surface area contributed by atoms with E-state index in [1.54, 1.807) is 6.92 Å². The molecule has 1 N–H and O–H groups in total. The lowest BCUT2D eigenvalue weighted by Crippen LogP contribution is -1.95.